The van der Waals surface area contributed by atoms with Crippen molar-refractivity contribution < 1.29 is 0 Å². The molecule has 0 fully saturated rings. The summed E-state index contributed by atoms with van der Waals surface area (Å²) in [5, 5.41) is 4.23. The van der Waals surface area contributed by atoms with Crippen LogP contribution in [-0.4, -0.2) is 15.5 Å². The van der Waals surface area contributed by atoms with E-state index in [0.717, 1.165) is 45.5 Å². The first-order valence-electron chi connectivity index (χ1n) is 9.31. The predicted octanol–water partition coefficient (Wildman–Crippen LogP) is 6.77. The molecule has 0 radical (unpaired) electrons. The van der Waals surface area contributed by atoms with Crippen LogP contribution in [0.5, 0.6) is 0 Å². The number of anilines is 1. The minimum atomic E-state index is -0.00507. The fraction of sp³-hybridized carbons (Fsp3) is 0.130. The van der Waals surface area contributed by atoms with Crippen molar-refractivity contribution in [1.29, 1.82) is 0 Å². The lowest BCUT2D eigenvalue weighted by molar-refractivity contribution is 0.657. The molecule has 4 nitrogen and oxygen atoms in total. The maximum atomic E-state index is 6.07. The van der Waals surface area contributed by atoms with Crippen LogP contribution in [-0.2, 0) is 6.42 Å². The van der Waals surface area contributed by atoms with Crippen molar-refractivity contribution in [2.45, 2.75) is 19.4 Å². The molecule has 0 amide bonds. The van der Waals surface area contributed by atoms with E-state index in [-0.39, 0.29) is 40.0 Å². The van der Waals surface area contributed by atoms with Crippen molar-refractivity contribution >= 4 is 68.2 Å². The van der Waals surface area contributed by atoms with Gasteiger partial charge in [-0.3, -0.25) is 4.57 Å². The van der Waals surface area contributed by atoms with Crippen molar-refractivity contribution in [1.82, 2.24) is 9.55 Å². The van der Waals surface area contributed by atoms with E-state index in [1.807, 2.05) is 42.5 Å². The molecule has 1 atom stereocenters. The molecule has 30 heavy (non-hydrogen) atoms. The molecular formula is C23H21Br2ClN4. The zero-order chi connectivity index (χ0) is 19.1. The largest absolute Gasteiger partial charge is 0.326 e. The Morgan fingerprint density at radius 3 is 2.37 bits per heavy atom. The SMILES string of the molecule is Br.Br.Cc1ccc(NC2=NC(c3ccc(Cl)cc3)Cc3nc4ccccc4n32)cc1. The van der Waals surface area contributed by atoms with Crippen LogP contribution in [0.3, 0.4) is 0 Å². The Labute approximate surface area is 201 Å². The highest BCUT2D eigenvalue weighted by Gasteiger charge is 2.25. The zero-order valence-corrected chi connectivity index (χ0v) is 20.4. The molecule has 154 valence electrons. The first-order chi connectivity index (χ1) is 13.7. The Morgan fingerprint density at radius 1 is 0.933 bits per heavy atom. The molecule has 3 aromatic carbocycles. The monoisotopic (exact) mass is 546 g/mol. The summed E-state index contributed by atoms with van der Waals surface area (Å²) in [7, 11) is 0. The van der Waals surface area contributed by atoms with E-state index >= 15 is 0 Å². The smallest absolute Gasteiger partial charge is 0.209 e. The number of imidazole rings is 1. The van der Waals surface area contributed by atoms with Gasteiger partial charge in [-0.2, -0.15) is 0 Å². The number of rotatable bonds is 2. The third kappa shape index (κ3) is 4.31. The van der Waals surface area contributed by atoms with E-state index in [1.54, 1.807) is 0 Å². The molecular weight excluding hydrogens is 528 g/mol. The van der Waals surface area contributed by atoms with Crippen molar-refractivity contribution in [2.75, 3.05) is 5.32 Å². The van der Waals surface area contributed by atoms with E-state index in [4.69, 9.17) is 21.6 Å². The molecule has 0 saturated heterocycles. The summed E-state index contributed by atoms with van der Waals surface area (Å²) in [4.78, 5) is 9.92. The lowest BCUT2D eigenvalue weighted by atomic mass is 10.0. The molecule has 1 aliphatic heterocycles. The molecule has 1 aliphatic rings. The quantitative estimate of drug-likeness (QED) is 0.301. The normalized spacial score (nSPS) is 14.9. The van der Waals surface area contributed by atoms with Crippen LogP contribution in [0.15, 0.2) is 77.8 Å². The van der Waals surface area contributed by atoms with E-state index in [2.05, 4.69) is 47.1 Å². The highest BCUT2D eigenvalue weighted by atomic mass is 79.9. The molecule has 0 aliphatic carbocycles. The molecule has 1 N–H and O–H groups in total. The van der Waals surface area contributed by atoms with Gasteiger partial charge in [-0.05, 0) is 48.9 Å². The first-order valence-corrected chi connectivity index (χ1v) is 9.69. The molecule has 0 saturated carbocycles. The van der Waals surface area contributed by atoms with E-state index in [0.29, 0.717) is 0 Å². The Hall–Kier alpha value is -2.15. The number of nitrogens with one attached hydrogen (secondary N) is 1. The Morgan fingerprint density at radius 2 is 1.63 bits per heavy atom. The second kappa shape index (κ2) is 9.33. The number of aryl methyl sites for hydroxylation is 1. The van der Waals surface area contributed by atoms with Gasteiger partial charge >= 0.3 is 0 Å². The molecule has 1 aromatic heterocycles. The summed E-state index contributed by atoms with van der Waals surface area (Å²) in [6.07, 6.45) is 0.745. The van der Waals surface area contributed by atoms with Gasteiger partial charge in [-0.1, -0.05) is 53.6 Å². The van der Waals surface area contributed by atoms with Crippen molar-refractivity contribution in [3.05, 3.63) is 94.8 Å². The molecule has 4 aromatic rings. The fourth-order valence-corrected chi connectivity index (χ4v) is 3.73. The van der Waals surface area contributed by atoms with Crippen LogP contribution in [0.2, 0.25) is 5.02 Å². The van der Waals surface area contributed by atoms with Crippen LogP contribution >= 0.6 is 45.6 Å². The molecule has 7 heteroatoms. The Balaban J connectivity index is 0.00000128. The minimum absolute atomic E-state index is 0. The summed E-state index contributed by atoms with van der Waals surface area (Å²) < 4.78 is 2.13. The summed E-state index contributed by atoms with van der Waals surface area (Å²) in [6.45, 7) is 2.08. The van der Waals surface area contributed by atoms with E-state index < -0.39 is 0 Å². The lowest BCUT2D eigenvalue weighted by Gasteiger charge is -2.24. The van der Waals surface area contributed by atoms with Gasteiger partial charge in [0.05, 0.1) is 17.1 Å². The highest BCUT2D eigenvalue weighted by Crippen LogP contribution is 2.30. The van der Waals surface area contributed by atoms with Gasteiger partial charge in [-0.25, -0.2) is 9.98 Å². The predicted molar refractivity (Wildman–Crippen MR) is 136 cm³/mol. The molecule has 5 rings (SSSR count). The van der Waals surface area contributed by atoms with Gasteiger partial charge in [0.25, 0.3) is 0 Å². The summed E-state index contributed by atoms with van der Waals surface area (Å²) in [6, 6.07) is 24.4. The average Bonchev–Trinajstić information content (AvgIpc) is 3.09. The Bertz CT molecular complexity index is 1180. The molecule has 0 spiro atoms. The number of hydrogen-bond donors (Lipinski definition) is 1. The van der Waals surface area contributed by atoms with Crippen LogP contribution in [0, 0.1) is 6.92 Å². The van der Waals surface area contributed by atoms with Crippen LogP contribution in [0.4, 0.5) is 5.69 Å². The number of aromatic nitrogens is 2. The van der Waals surface area contributed by atoms with Crippen LogP contribution in [0.25, 0.3) is 11.0 Å². The second-order valence-electron chi connectivity index (χ2n) is 7.07. The minimum Gasteiger partial charge on any atom is -0.326 e. The van der Waals surface area contributed by atoms with Crippen molar-refractivity contribution in [3.63, 3.8) is 0 Å². The maximum Gasteiger partial charge on any atom is 0.209 e. The second-order valence-corrected chi connectivity index (χ2v) is 7.50. The molecule has 1 unspecified atom stereocenters. The number of benzene rings is 3. The van der Waals surface area contributed by atoms with E-state index in [9.17, 15) is 0 Å². The number of nitrogens with zero attached hydrogens (tertiary/aromatic N) is 3. The number of hydrogen-bond acceptors (Lipinski definition) is 3. The topological polar surface area (TPSA) is 42.2 Å². The fourth-order valence-electron chi connectivity index (χ4n) is 3.60. The highest BCUT2D eigenvalue weighted by molar-refractivity contribution is 8.93. The van der Waals surface area contributed by atoms with Gasteiger partial charge in [0, 0.05) is 17.1 Å². The zero-order valence-electron chi connectivity index (χ0n) is 16.2. The average molecular weight is 549 g/mol. The van der Waals surface area contributed by atoms with Crippen LogP contribution < -0.4 is 5.32 Å². The van der Waals surface area contributed by atoms with Crippen molar-refractivity contribution in [3.8, 4) is 0 Å². The summed E-state index contributed by atoms with van der Waals surface area (Å²) in [5.41, 5.74) is 5.40. The van der Waals surface area contributed by atoms with Gasteiger partial charge < -0.3 is 5.32 Å². The first kappa shape index (κ1) is 22.5. The van der Waals surface area contributed by atoms with E-state index in [1.165, 1.54) is 5.56 Å². The maximum absolute atomic E-state index is 6.07. The van der Waals surface area contributed by atoms with Gasteiger partial charge in [-0.15, -0.1) is 34.0 Å². The number of aliphatic imine (C=N–C) groups is 1. The Kier molecular flexibility index (Phi) is 7.01. The number of para-hydroxylation sites is 2. The third-order valence-electron chi connectivity index (χ3n) is 5.06. The molecule has 2 heterocycles. The third-order valence-corrected chi connectivity index (χ3v) is 5.31. The van der Waals surface area contributed by atoms with Crippen molar-refractivity contribution in [2.24, 2.45) is 4.99 Å². The van der Waals surface area contributed by atoms with Gasteiger partial charge in [0.15, 0.2) is 0 Å². The molecule has 0 bridgehead atoms. The van der Waals surface area contributed by atoms with Gasteiger partial charge in [0.2, 0.25) is 5.96 Å². The van der Waals surface area contributed by atoms with Crippen LogP contribution in [0.1, 0.15) is 23.0 Å². The summed E-state index contributed by atoms with van der Waals surface area (Å²) >= 11 is 6.07. The standard InChI is InChI=1S/C23H19ClN4.2BrH/c1-15-6-12-18(13-7-15)25-23-27-20(16-8-10-17(24)11-9-16)14-22-26-19-4-2-3-5-21(19)28(22)23;;/h2-13,20H,14H2,1H3,(H,25,27);2*1H. The summed E-state index contributed by atoms with van der Waals surface area (Å²) in [5.74, 6) is 1.80. The van der Waals surface area contributed by atoms with Gasteiger partial charge in [0.1, 0.15) is 5.82 Å². The number of halogens is 3. The number of fused-ring (bicyclic) bond motifs is 3. The lowest BCUT2D eigenvalue weighted by Crippen LogP contribution is -2.29.